The minimum atomic E-state index is -1.38. The van der Waals surface area contributed by atoms with Gasteiger partial charge < -0.3 is 10.4 Å². The maximum absolute atomic E-state index is 11.2. The van der Waals surface area contributed by atoms with Crippen molar-refractivity contribution in [2.24, 2.45) is 0 Å². The maximum atomic E-state index is 11.2. The lowest BCUT2D eigenvalue weighted by atomic mass is 9.90. The highest BCUT2D eigenvalue weighted by Gasteiger charge is 2.34. The van der Waals surface area contributed by atoms with Crippen LogP contribution in [0.3, 0.4) is 0 Å². The highest BCUT2D eigenvalue weighted by atomic mass is 16.4. The predicted octanol–water partition coefficient (Wildman–Crippen LogP) is 1.35. The van der Waals surface area contributed by atoms with Gasteiger partial charge in [0.05, 0.1) is 0 Å². The highest BCUT2D eigenvalue weighted by molar-refractivity contribution is 5.82. The predicted molar refractivity (Wildman–Crippen MR) is 60.1 cm³/mol. The van der Waals surface area contributed by atoms with Crippen molar-refractivity contribution in [2.75, 3.05) is 0 Å². The van der Waals surface area contributed by atoms with Crippen molar-refractivity contribution in [3.8, 4) is 0 Å². The molecule has 0 aliphatic rings. The molecule has 0 bridgehead atoms. The zero-order valence-corrected chi connectivity index (χ0v) is 9.57. The monoisotopic (exact) mass is 221 g/mol. The average Bonchev–Trinajstić information content (AvgIpc) is 2.16. The highest BCUT2D eigenvalue weighted by Crippen LogP contribution is 2.23. The summed E-state index contributed by atoms with van der Waals surface area (Å²) in [5.74, 6) is -1.08. The molecule has 0 saturated carbocycles. The molecule has 1 aromatic carbocycles. The third-order valence-electron chi connectivity index (χ3n) is 2.57. The second kappa shape index (κ2) is 4.35. The van der Waals surface area contributed by atoms with Crippen molar-refractivity contribution in [3.63, 3.8) is 0 Å². The molecule has 1 amide bonds. The fraction of sp³-hybridized carbons (Fsp3) is 0.333. The first-order chi connectivity index (χ1) is 7.40. The average molecular weight is 221 g/mol. The van der Waals surface area contributed by atoms with E-state index in [1.807, 2.05) is 19.9 Å². The van der Waals surface area contributed by atoms with Crippen LogP contribution in [0, 0.1) is 13.8 Å². The summed E-state index contributed by atoms with van der Waals surface area (Å²) in [6.45, 7) is 5.25. The Hall–Kier alpha value is -1.84. The van der Waals surface area contributed by atoms with Crippen molar-refractivity contribution >= 4 is 12.4 Å². The zero-order chi connectivity index (χ0) is 12.3. The molecule has 16 heavy (non-hydrogen) atoms. The molecule has 0 heterocycles. The van der Waals surface area contributed by atoms with Gasteiger partial charge in [-0.25, -0.2) is 4.79 Å². The first-order valence-electron chi connectivity index (χ1n) is 4.93. The molecule has 0 aromatic heterocycles. The van der Waals surface area contributed by atoms with E-state index in [2.05, 4.69) is 5.32 Å². The Kier molecular flexibility index (Phi) is 3.32. The summed E-state index contributed by atoms with van der Waals surface area (Å²) in [6.07, 6.45) is 0.409. The Morgan fingerprint density at radius 2 is 1.81 bits per heavy atom. The van der Waals surface area contributed by atoms with Crippen LogP contribution in [0.15, 0.2) is 18.2 Å². The van der Waals surface area contributed by atoms with Gasteiger partial charge in [0, 0.05) is 0 Å². The van der Waals surface area contributed by atoms with Gasteiger partial charge in [0.25, 0.3) is 0 Å². The quantitative estimate of drug-likeness (QED) is 0.754. The molecule has 0 radical (unpaired) electrons. The fourth-order valence-electron chi connectivity index (χ4n) is 1.65. The van der Waals surface area contributed by atoms with Gasteiger partial charge in [0.1, 0.15) is 0 Å². The lowest BCUT2D eigenvalue weighted by Gasteiger charge is -2.25. The molecule has 1 aromatic rings. The third kappa shape index (κ3) is 2.21. The number of carboxylic acid groups (broad SMARTS) is 1. The Balaban J connectivity index is 3.31. The Labute approximate surface area is 94.3 Å². The second-order valence-corrected chi connectivity index (χ2v) is 4.07. The number of amides is 1. The van der Waals surface area contributed by atoms with Crippen LogP contribution in [-0.4, -0.2) is 17.5 Å². The number of aliphatic carboxylic acids is 1. The Morgan fingerprint density at radius 1 is 1.31 bits per heavy atom. The van der Waals surface area contributed by atoms with Crippen molar-refractivity contribution in [3.05, 3.63) is 34.9 Å². The van der Waals surface area contributed by atoms with Gasteiger partial charge in [-0.1, -0.05) is 29.3 Å². The third-order valence-corrected chi connectivity index (χ3v) is 2.57. The minimum absolute atomic E-state index is 0.409. The SMILES string of the molecule is Cc1cc(C)cc(C(C)(NC=O)C(=O)O)c1. The summed E-state index contributed by atoms with van der Waals surface area (Å²) in [4.78, 5) is 21.7. The first kappa shape index (κ1) is 12.2. The van der Waals surface area contributed by atoms with Gasteiger partial charge >= 0.3 is 5.97 Å². The van der Waals surface area contributed by atoms with E-state index in [9.17, 15) is 14.7 Å². The number of carboxylic acids is 1. The topological polar surface area (TPSA) is 66.4 Å². The van der Waals surface area contributed by atoms with Gasteiger partial charge in [-0.05, 0) is 26.3 Å². The van der Waals surface area contributed by atoms with Gasteiger partial charge in [0.15, 0.2) is 5.54 Å². The summed E-state index contributed by atoms with van der Waals surface area (Å²) in [7, 11) is 0. The number of hydrogen-bond acceptors (Lipinski definition) is 2. The van der Waals surface area contributed by atoms with Gasteiger partial charge in [-0.3, -0.25) is 4.79 Å². The number of carbonyl (C=O) groups excluding carboxylic acids is 1. The van der Waals surface area contributed by atoms with Crippen LogP contribution < -0.4 is 5.32 Å². The van der Waals surface area contributed by atoms with E-state index >= 15 is 0 Å². The van der Waals surface area contributed by atoms with Gasteiger partial charge in [-0.2, -0.15) is 0 Å². The normalized spacial score (nSPS) is 13.9. The number of hydrogen-bond donors (Lipinski definition) is 2. The van der Waals surface area contributed by atoms with E-state index in [1.165, 1.54) is 6.92 Å². The lowest BCUT2D eigenvalue weighted by Crippen LogP contribution is -2.46. The Morgan fingerprint density at radius 3 is 2.19 bits per heavy atom. The van der Waals surface area contributed by atoms with E-state index in [1.54, 1.807) is 12.1 Å². The number of aryl methyl sites for hydroxylation is 2. The minimum Gasteiger partial charge on any atom is -0.479 e. The second-order valence-electron chi connectivity index (χ2n) is 4.07. The molecular formula is C12H15NO3. The molecular weight excluding hydrogens is 206 g/mol. The summed E-state index contributed by atoms with van der Waals surface area (Å²) >= 11 is 0. The van der Waals surface area contributed by atoms with E-state index in [0.29, 0.717) is 12.0 Å². The molecule has 0 fully saturated rings. The zero-order valence-electron chi connectivity index (χ0n) is 9.57. The van der Waals surface area contributed by atoms with Crippen LogP contribution in [0.2, 0.25) is 0 Å². The Bertz CT molecular complexity index is 408. The van der Waals surface area contributed by atoms with Gasteiger partial charge in [0.2, 0.25) is 6.41 Å². The first-order valence-corrected chi connectivity index (χ1v) is 4.93. The van der Waals surface area contributed by atoms with Crippen molar-refractivity contribution in [1.82, 2.24) is 5.32 Å². The standard InChI is InChI=1S/C12H15NO3/c1-8-4-9(2)6-10(5-8)12(3,11(15)16)13-7-14/h4-7H,1-3H3,(H,13,14)(H,15,16). The van der Waals surface area contributed by atoms with Crippen LogP contribution in [0.25, 0.3) is 0 Å². The van der Waals surface area contributed by atoms with Crippen LogP contribution in [-0.2, 0) is 15.1 Å². The van der Waals surface area contributed by atoms with E-state index in [4.69, 9.17) is 0 Å². The molecule has 0 aliphatic heterocycles. The summed E-state index contributed by atoms with van der Waals surface area (Å²) < 4.78 is 0. The van der Waals surface area contributed by atoms with Crippen molar-refractivity contribution in [1.29, 1.82) is 0 Å². The molecule has 0 aliphatic carbocycles. The molecule has 1 rings (SSSR count). The fourth-order valence-corrected chi connectivity index (χ4v) is 1.65. The van der Waals surface area contributed by atoms with Crippen molar-refractivity contribution in [2.45, 2.75) is 26.3 Å². The summed E-state index contributed by atoms with van der Waals surface area (Å²) in [5, 5.41) is 11.5. The number of benzene rings is 1. The molecule has 1 unspecified atom stereocenters. The van der Waals surface area contributed by atoms with Crippen LogP contribution >= 0.6 is 0 Å². The van der Waals surface area contributed by atoms with Gasteiger partial charge in [-0.15, -0.1) is 0 Å². The molecule has 0 spiro atoms. The van der Waals surface area contributed by atoms with E-state index in [0.717, 1.165) is 11.1 Å². The summed E-state index contributed by atoms with van der Waals surface area (Å²) in [6, 6.07) is 5.47. The van der Waals surface area contributed by atoms with Crippen LogP contribution in [0.5, 0.6) is 0 Å². The summed E-state index contributed by atoms with van der Waals surface area (Å²) in [5.41, 5.74) is 1.13. The van der Waals surface area contributed by atoms with Crippen LogP contribution in [0.4, 0.5) is 0 Å². The molecule has 4 nitrogen and oxygen atoms in total. The molecule has 2 N–H and O–H groups in total. The number of nitrogens with one attached hydrogen (secondary N) is 1. The van der Waals surface area contributed by atoms with Crippen LogP contribution in [0.1, 0.15) is 23.6 Å². The maximum Gasteiger partial charge on any atom is 0.333 e. The molecule has 0 saturated heterocycles. The van der Waals surface area contributed by atoms with E-state index in [-0.39, 0.29) is 0 Å². The smallest absolute Gasteiger partial charge is 0.333 e. The number of rotatable bonds is 4. The number of carbonyl (C=O) groups is 2. The van der Waals surface area contributed by atoms with Crippen molar-refractivity contribution < 1.29 is 14.7 Å². The van der Waals surface area contributed by atoms with E-state index < -0.39 is 11.5 Å². The lowest BCUT2D eigenvalue weighted by molar-refractivity contribution is -0.145. The molecule has 86 valence electrons. The molecule has 4 heteroatoms. The molecule has 1 atom stereocenters. The largest absolute Gasteiger partial charge is 0.479 e.